The van der Waals surface area contributed by atoms with E-state index in [0.29, 0.717) is 9.60 Å². The molecule has 3 N–H and O–H groups in total. The maximum absolute atomic E-state index is 12.2. The molecule has 0 spiro atoms. The van der Waals surface area contributed by atoms with Crippen molar-refractivity contribution in [1.29, 1.82) is 0 Å². The molecule has 0 aliphatic carbocycles. The van der Waals surface area contributed by atoms with E-state index in [2.05, 4.69) is 25.6 Å². The molecule has 0 radical (unpaired) electrons. The van der Waals surface area contributed by atoms with E-state index in [-0.39, 0.29) is 10.6 Å². The molecule has 8 heteroatoms. The lowest BCUT2D eigenvalue weighted by atomic mass is 10.3. The van der Waals surface area contributed by atoms with Crippen LogP contribution in [0.2, 0.25) is 0 Å². The lowest BCUT2D eigenvalue weighted by Crippen LogP contribution is -2.14. The summed E-state index contributed by atoms with van der Waals surface area (Å²) in [6.45, 7) is 3.72. The number of aryl methyl sites for hydroxylation is 2. The zero-order chi connectivity index (χ0) is 14.2. The SMILES string of the molecule is Cc1nc(NS(=O)(=O)c2cc(Br)ccc2N)sc1C. The number of rotatable bonds is 3. The van der Waals surface area contributed by atoms with Crippen molar-refractivity contribution < 1.29 is 8.42 Å². The van der Waals surface area contributed by atoms with E-state index in [9.17, 15) is 8.42 Å². The van der Waals surface area contributed by atoms with Crippen LogP contribution in [0.3, 0.4) is 0 Å². The Balaban J connectivity index is 2.40. The number of nitrogen functional groups attached to an aromatic ring is 1. The van der Waals surface area contributed by atoms with Crippen LogP contribution in [-0.4, -0.2) is 13.4 Å². The first-order valence-corrected chi connectivity index (χ1v) is 8.41. The van der Waals surface area contributed by atoms with E-state index in [0.717, 1.165) is 10.6 Å². The summed E-state index contributed by atoms with van der Waals surface area (Å²) in [6, 6.07) is 4.69. The monoisotopic (exact) mass is 361 g/mol. The van der Waals surface area contributed by atoms with Crippen LogP contribution in [0, 0.1) is 13.8 Å². The molecule has 2 aromatic rings. The Kier molecular flexibility index (Phi) is 3.84. The summed E-state index contributed by atoms with van der Waals surface area (Å²) in [5.74, 6) is 0. The molecule has 5 nitrogen and oxygen atoms in total. The van der Waals surface area contributed by atoms with Gasteiger partial charge in [-0.2, -0.15) is 0 Å². The standard InChI is InChI=1S/C11H12BrN3O2S2/c1-6-7(2)18-11(14-6)15-19(16,17)10-5-8(12)3-4-9(10)13/h3-5H,13H2,1-2H3,(H,14,15). The number of nitrogens with one attached hydrogen (secondary N) is 1. The first-order chi connectivity index (χ1) is 8.79. The largest absolute Gasteiger partial charge is 0.398 e. The summed E-state index contributed by atoms with van der Waals surface area (Å²) in [6.07, 6.45) is 0. The minimum absolute atomic E-state index is 0.0346. The number of sulfonamides is 1. The molecule has 0 amide bonds. The predicted molar refractivity (Wildman–Crippen MR) is 81.0 cm³/mol. The average molecular weight is 362 g/mol. The van der Waals surface area contributed by atoms with Gasteiger partial charge in [-0.15, -0.1) is 11.3 Å². The van der Waals surface area contributed by atoms with Crippen molar-refractivity contribution in [3.05, 3.63) is 33.2 Å². The van der Waals surface area contributed by atoms with Crippen LogP contribution in [0.4, 0.5) is 10.8 Å². The van der Waals surface area contributed by atoms with Crippen molar-refractivity contribution in [2.24, 2.45) is 0 Å². The number of halogens is 1. The van der Waals surface area contributed by atoms with Crippen LogP contribution < -0.4 is 10.5 Å². The van der Waals surface area contributed by atoms with Crippen molar-refractivity contribution >= 4 is 48.1 Å². The first kappa shape index (κ1) is 14.3. The Labute approximate surface area is 124 Å². The maximum Gasteiger partial charge on any atom is 0.265 e. The summed E-state index contributed by atoms with van der Waals surface area (Å²) in [4.78, 5) is 5.16. The quantitative estimate of drug-likeness (QED) is 0.823. The van der Waals surface area contributed by atoms with Gasteiger partial charge in [-0.25, -0.2) is 13.4 Å². The second-order valence-corrected chi connectivity index (χ2v) is 7.72. The highest BCUT2D eigenvalue weighted by Gasteiger charge is 2.19. The van der Waals surface area contributed by atoms with Crippen LogP contribution in [0.1, 0.15) is 10.6 Å². The van der Waals surface area contributed by atoms with Gasteiger partial charge in [-0.3, -0.25) is 4.72 Å². The first-order valence-electron chi connectivity index (χ1n) is 5.31. The summed E-state index contributed by atoms with van der Waals surface area (Å²) in [7, 11) is -3.73. The third kappa shape index (κ3) is 3.07. The van der Waals surface area contributed by atoms with E-state index in [1.807, 2.05) is 13.8 Å². The van der Waals surface area contributed by atoms with Gasteiger partial charge in [-0.05, 0) is 32.0 Å². The second kappa shape index (κ2) is 5.10. The van der Waals surface area contributed by atoms with Gasteiger partial charge in [-0.1, -0.05) is 15.9 Å². The molecule has 102 valence electrons. The third-order valence-corrected chi connectivity index (χ3v) is 5.52. The predicted octanol–water partition coefficient (Wildman–Crippen LogP) is 2.91. The molecule has 0 bridgehead atoms. The molecule has 0 saturated carbocycles. The molecule has 2 rings (SSSR count). The molecule has 1 heterocycles. The van der Waals surface area contributed by atoms with Gasteiger partial charge in [0.25, 0.3) is 10.0 Å². The van der Waals surface area contributed by atoms with Gasteiger partial charge in [0.1, 0.15) is 4.90 Å². The van der Waals surface area contributed by atoms with E-state index in [1.165, 1.54) is 23.5 Å². The molecule has 0 unspecified atom stereocenters. The fraction of sp³-hybridized carbons (Fsp3) is 0.182. The average Bonchev–Trinajstić information content (AvgIpc) is 2.60. The molecule has 19 heavy (non-hydrogen) atoms. The molecule has 1 aromatic carbocycles. The van der Waals surface area contributed by atoms with E-state index >= 15 is 0 Å². The molecular weight excluding hydrogens is 350 g/mol. The van der Waals surface area contributed by atoms with Crippen LogP contribution >= 0.6 is 27.3 Å². The van der Waals surface area contributed by atoms with Crippen LogP contribution in [0.5, 0.6) is 0 Å². The van der Waals surface area contributed by atoms with Gasteiger partial charge >= 0.3 is 0 Å². The maximum atomic E-state index is 12.2. The van der Waals surface area contributed by atoms with Crippen LogP contribution in [0.25, 0.3) is 0 Å². The summed E-state index contributed by atoms with van der Waals surface area (Å²) in [5.41, 5.74) is 6.71. The smallest absolute Gasteiger partial charge is 0.265 e. The van der Waals surface area contributed by atoms with Crippen molar-refractivity contribution in [2.45, 2.75) is 18.7 Å². The molecular formula is C11H12BrN3O2S2. The molecule has 0 fully saturated rings. The van der Waals surface area contributed by atoms with E-state index in [4.69, 9.17) is 5.73 Å². The number of anilines is 2. The lowest BCUT2D eigenvalue weighted by Gasteiger charge is -2.08. The Bertz CT molecular complexity index is 706. The highest BCUT2D eigenvalue weighted by Crippen LogP contribution is 2.27. The Morgan fingerprint density at radius 2 is 2.05 bits per heavy atom. The number of nitrogens with two attached hydrogens (primary N) is 1. The second-order valence-electron chi connectivity index (χ2n) is 3.95. The lowest BCUT2D eigenvalue weighted by molar-refractivity contribution is 0.601. The summed E-state index contributed by atoms with van der Waals surface area (Å²) >= 11 is 4.52. The summed E-state index contributed by atoms with van der Waals surface area (Å²) < 4.78 is 27.6. The molecule has 0 aliphatic heterocycles. The molecule has 0 saturated heterocycles. The minimum atomic E-state index is -3.73. The fourth-order valence-corrected chi connectivity index (χ4v) is 4.15. The number of hydrogen-bond donors (Lipinski definition) is 2. The number of aromatic nitrogens is 1. The zero-order valence-corrected chi connectivity index (χ0v) is 13.5. The van der Waals surface area contributed by atoms with Crippen molar-refractivity contribution in [3.63, 3.8) is 0 Å². The fourth-order valence-electron chi connectivity index (χ4n) is 1.43. The molecule has 0 atom stereocenters. The third-order valence-electron chi connectivity index (χ3n) is 2.52. The van der Waals surface area contributed by atoms with E-state index in [1.54, 1.807) is 6.07 Å². The van der Waals surface area contributed by atoms with E-state index < -0.39 is 10.0 Å². The van der Waals surface area contributed by atoms with Crippen LogP contribution in [0.15, 0.2) is 27.6 Å². The normalized spacial score (nSPS) is 11.5. The Hall–Kier alpha value is -1.12. The van der Waals surface area contributed by atoms with Gasteiger partial charge in [0, 0.05) is 9.35 Å². The number of benzene rings is 1. The Morgan fingerprint density at radius 1 is 1.37 bits per heavy atom. The summed E-state index contributed by atoms with van der Waals surface area (Å²) in [5, 5.41) is 0.342. The molecule has 0 aliphatic rings. The topological polar surface area (TPSA) is 85.1 Å². The van der Waals surface area contributed by atoms with Gasteiger partial charge in [0.2, 0.25) is 0 Å². The highest BCUT2D eigenvalue weighted by atomic mass is 79.9. The molecule has 1 aromatic heterocycles. The zero-order valence-electron chi connectivity index (χ0n) is 10.3. The van der Waals surface area contributed by atoms with Crippen molar-refractivity contribution in [3.8, 4) is 0 Å². The Morgan fingerprint density at radius 3 is 2.63 bits per heavy atom. The van der Waals surface area contributed by atoms with Crippen LogP contribution in [-0.2, 0) is 10.0 Å². The van der Waals surface area contributed by atoms with Crippen molar-refractivity contribution in [2.75, 3.05) is 10.5 Å². The minimum Gasteiger partial charge on any atom is -0.398 e. The number of thiazole rings is 1. The van der Waals surface area contributed by atoms with Crippen molar-refractivity contribution in [1.82, 2.24) is 4.98 Å². The van der Waals surface area contributed by atoms with Gasteiger partial charge in [0.15, 0.2) is 5.13 Å². The van der Waals surface area contributed by atoms with Gasteiger partial charge < -0.3 is 5.73 Å². The van der Waals surface area contributed by atoms with Gasteiger partial charge in [0.05, 0.1) is 11.4 Å². The number of hydrogen-bond acceptors (Lipinski definition) is 5. The number of nitrogens with zero attached hydrogens (tertiary/aromatic N) is 1. The highest BCUT2D eigenvalue weighted by molar-refractivity contribution is 9.10.